The predicted octanol–water partition coefficient (Wildman–Crippen LogP) is 3.96. The molecule has 6 rings (SSSR count). The summed E-state index contributed by atoms with van der Waals surface area (Å²) >= 11 is 0. The molecule has 2 aliphatic rings. The van der Waals surface area contributed by atoms with E-state index in [9.17, 15) is 9.18 Å². The molecule has 2 N–H and O–H groups in total. The summed E-state index contributed by atoms with van der Waals surface area (Å²) in [4.78, 5) is 23.7. The number of fused-ring (bicyclic) bond motifs is 2. The highest BCUT2D eigenvalue weighted by Crippen LogP contribution is 2.36. The number of hydrogen-bond donors (Lipinski definition) is 2. The van der Waals surface area contributed by atoms with Gasteiger partial charge in [-0.2, -0.15) is 0 Å². The molecule has 184 valence electrons. The third-order valence-corrected chi connectivity index (χ3v) is 6.86. The van der Waals surface area contributed by atoms with Crippen molar-refractivity contribution in [2.45, 2.75) is 25.0 Å². The number of hydrogen-bond acceptors (Lipinski definition) is 6. The standard InChI is InChI=1S/C27H27FN6O2/c1-33(2)14-17-9-19(3-4-20(17)16-6-8-36-15-16)31-26-25-21(11-29-12-22(25)27(35)32-26)23-13-30-24-10-18(28)5-7-34(23)24/h3-5,7,9-13,16,26,31H,6,8,14-15H2,1-2H3,(H,32,35)/t16?,26-/m1/s1. The molecule has 2 aliphatic heterocycles. The summed E-state index contributed by atoms with van der Waals surface area (Å²) in [7, 11) is 4.12. The maximum absolute atomic E-state index is 13.7. The number of halogens is 1. The van der Waals surface area contributed by atoms with E-state index in [4.69, 9.17) is 4.74 Å². The fourth-order valence-electron chi connectivity index (χ4n) is 5.23. The van der Waals surface area contributed by atoms with Crippen LogP contribution in [-0.4, -0.2) is 52.5 Å². The Morgan fingerprint density at radius 2 is 2.06 bits per heavy atom. The molecule has 8 nitrogen and oxygen atoms in total. The molecule has 1 amide bonds. The predicted molar refractivity (Wildman–Crippen MR) is 134 cm³/mol. The fraction of sp³-hybridized carbons (Fsp3) is 0.296. The quantitative estimate of drug-likeness (QED) is 0.429. The summed E-state index contributed by atoms with van der Waals surface area (Å²) in [5, 5.41) is 6.57. The molecule has 0 aliphatic carbocycles. The van der Waals surface area contributed by atoms with Crippen LogP contribution in [0.1, 0.15) is 45.6 Å². The Morgan fingerprint density at radius 3 is 2.86 bits per heavy atom. The molecule has 1 aromatic carbocycles. The Labute approximate surface area is 208 Å². The van der Waals surface area contributed by atoms with E-state index in [1.165, 1.54) is 23.3 Å². The number of aromatic nitrogens is 3. The molecule has 9 heteroatoms. The van der Waals surface area contributed by atoms with Crippen LogP contribution in [0.4, 0.5) is 10.1 Å². The summed E-state index contributed by atoms with van der Waals surface area (Å²) < 4.78 is 21.2. The van der Waals surface area contributed by atoms with Gasteiger partial charge in [0.25, 0.3) is 5.91 Å². The molecule has 2 atom stereocenters. The smallest absolute Gasteiger partial charge is 0.255 e. The SMILES string of the molecule is CN(C)Cc1cc(N[C@@H]2NC(=O)c3cncc(-c4cnc5cc(F)ccn45)c32)ccc1C1CCOC1. The molecule has 36 heavy (non-hydrogen) atoms. The molecular weight excluding hydrogens is 459 g/mol. The van der Waals surface area contributed by atoms with Crippen molar-refractivity contribution in [3.8, 4) is 11.3 Å². The van der Waals surface area contributed by atoms with Gasteiger partial charge in [-0.25, -0.2) is 9.37 Å². The Balaban J connectivity index is 1.38. The molecule has 1 fully saturated rings. The normalized spacial score (nSPS) is 19.2. The second kappa shape index (κ2) is 9.00. The number of anilines is 1. The number of ether oxygens (including phenoxy) is 1. The van der Waals surface area contributed by atoms with Crippen molar-refractivity contribution in [3.63, 3.8) is 0 Å². The van der Waals surface area contributed by atoms with Crippen molar-refractivity contribution in [1.29, 1.82) is 0 Å². The minimum atomic E-state index is -0.454. The van der Waals surface area contributed by atoms with Gasteiger partial charge in [0.05, 0.1) is 24.1 Å². The first-order valence-corrected chi connectivity index (χ1v) is 12.0. The number of rotatable bonds is 6. The second-order valence-corrected chi connectivity index (χ2v) is 9.63. The third kappa shape index (κ3) is 4.00. The van der Waals surface area contributed by atoms with Crippen molar-refractivity contribution in [2.24, 2.45) is 0 Å². The van der Waals surface area contributed by atoms with E-state index in [0.29, 0.717) is 17.1 Å². The van der Waals surface area contributed by atoms with Crippen LogP contribution < -0.4 is 10.6 Å². The van der Waals surface area contributed by atoms with Gasteiger partial charge >= 0.3 is 0 Å². The molecule has 3 aromatic heterocycles. The highest BCUT2D eigenvalue weighted by Gasteiger charge is 2.33. The first-order chi connectivity index (χ1) is 17.5. The molecule has 0 bridgehead atoms. The van der Waals surface area contributed by atoms with Crippen LogP contribution in [0.2, 0.25) is 0 Å². The summed E-state index contributed by atoms with van der Waals surface area (Å²) in [5.74, 6) is -0.142. The van der Waals surface area contributed by atoms with E-state index in [-0.39, 0.29) is 11.7 Å². The maximum atomic E-state index is 13.7. The zero-order chi connectivity index (χ0) is 24.8. The van der Waals surface area contributed by atoms with Crippen molar-refractivity contribution in [1.82, 2.24) is 24.6 Å². The monoisotopic (exact) mass is 486 g/mol. The van der Waals surface area contributed by atoms with Crippen LogP contribution in [0.25, 0.3) is 16.9 Å². The Bertz CT molecular complexity index is 1460. The van der Waals surface area contributed by atoms with Crippen LogP contribution in [-0.2, 0) is 11.3 Å². The number of benzene rings is 1. The Hall–Kier alpha value is -3.82. The zero-order valence-electron chi connectivity index (χ0n) is 20.2. The van der Waals surface area contributed by atoms with Crippen LogP contribution in [0.5, 0.6) is 0 Å². The van der Waals surface area contributed by atoms with Gasteiger partial charge in [-0.05, 0) is 49.8 Å². The molecule has 5 heterocycles. The van der Waals surface area contributed by atoms with Crippen molar-refractivity contribution < 1.29 is 13.9 Å². The lowest BCUT2D eigenvalue weighted by molar-refractivity contribution is 0.0959. The number of imidazole rings is 1. The summed E-state index contributed by atoms with van der Waals surface area (Å²) in [6.07, 6.45) is 7.20. The van der Waals surface area contributed by atoms with Gasteiger partial charge in [-0.15, -0.1) is 0 Å². The molecule has 1 saturated heterocycles. The molecule has 4 aromatic rings. The number of carbonyl (C=O) groups is 1. The minimum Gasteiger partial charge on any atom is -0.381 e. The lowest BCUT2D eigenvalue weighted by Gasteiger charge is -2.22. The van der Waals surface area contributed by atoms with Gasteiger partial charge in [0.15, 0.2) is 0 Å². The van der Waals surface area contributed by atoms with Crippen molar-refractivity contribution in [2.75, 3.05) is 32.6 Å². The summed E-state index contributed by atoms with van der Waals surface area (Å²) in [5.41, 5.74) is 6.76. The number of nitrogens with one attached hydrogen (secondary N) is 2. The van der Waals surface area contributed by atoms with E-state index in [1.807, 2.05) is 0 Å². The number of nitrogens with zero attached hydrogens (tertiary/aromatic N) is 4. The van der Waals surface area contributed by atoms with Gasteiger partial charge in [-0.1, -0.05) is 6.07 Å². The first kappa shape index (κ1) is 22.6. The van der Waals surface area contributed by atoms with E-state index in [0.717, 1.165) is 48.7 Å². The first-order valence-electron chi connectivity index (χ1n) is 12.0. The molecule has 0 saturated carbocycles. The van der Waals surface area contributed by atoms with Crippen LogP contribution >= 0.6 is 0 Å². The largest absolute Gasteiger partial charge is 0.381 e. The van der Waals surface area contributed by atoms with Gasteiger partial charge in [0, 0.05) is 60.5 Å². The van der Waals surface area contributed by atoms with Crippen molar-refractivity contribution >= 4 is 17.2 Å². The van der Waals surface area contributed by atoms with Crippen LogP contribution in [0, 0.1) is 5.82 Å². The molecule has 0 spiro atoms. The van der Waals surface area contributed by atoms with E-state index >= 15 is 0 Å². The number of pyridine rings is 2. The topological polar surface area (TPSA) is 83.8 Å². The molecular formula is C27H27FN6O2. The third-order valence-electron chi connectivity index (χ3n) is 6.86. The summed E-state index contributed by atoms with van der Waals surface area (Å²) in [6, 6.07) is 9.16. The zero-order valence-corrected chi connectivity index (χ0v) is 20.2. The number of amides is 1. The van der Waals surface area contributed by atoms with E-state index in [2.05, 4.69) is 57.8 Å². The highest BCUT2D eigenvalue weighted by molar-refractivity contribution is 6.01. The second-order valence-electron chi connectivity index (χ2n) is 9.63. The molecule has 1 unspecified atom stereocenters. The van der Waals surface area contributed by atoms with Gasteiger partial charge in [0.2, 0.25) is 0 Å². The molecule has 0 radical (unpaired) electrons. The lowest BCUT2D eigenvalue weighted by atomic mass is 9.92. The highest BCUT2D eigenvalue weighted by atomic mass is 19.1. The van der Waals surface area contributed by atoms with E-state index < -0.39 is 6.17 Å². The van der Waals surface area contributed by atoms with E-state index in [1.54, 1.807) is 29.2 Å². The Kier molecular flexibility index (Phi) is 5.66. The maximum Gasteiger partial charge on any atom is 0.255 e. The minimum absolute atomic E-state index is 0.190. The van der Waals surface area contributed by atoms with Gasteiger partial charge in [0.1, 0.15) is 17.6 Å². The lowest BCUT2D eigenvalue weighted by Crippen LogP contribution is -2.25. The van der Waals surface area contributed by atoms with Gasteiger partial charge in [-0.3, -0.25) is 14.2 Å². The Morgan fingerprint density at radius 1 is 1.19 bits per heavy atom. The van der Waals surface area contributed by atoms with Crippen LogP contribution in [0.15, 0.2) is 55.1 Å². The average molecular weight is 487 g/mol. The number of carbonyl (C=O) groups excluding carboxylic acids is 1. The fourth-order valence-corrected chi connectivity index (χ4v) is 5.23. The van der Waals surface area contributed by atoms with Crippen molar-refractivity contribution in [3.05, 3.63) is 83.2 Å². The van der Waals surface area contributed by atoms with Crippen LogP contribution in [0.3, 0.4) is 0 Å². The summed E-state index contributed by atoms with van der Waals surface area (Å²) in [6.45, 7) is 2.35. The average Bonchev–Trinajstić information content (AvgIpc) is 3.59. The van der Waals surface area contributed by atoms with Gasteiger partial charge < -0.3 is 20.3 Å².